The molecule has 2 rings (SSSR count). The van der Waals surface area contributed by atoms with E-state index in [0.717, 1.165) is 23.2 Å². The quantitative estimate of drug-likeness (QED) is 0.877. The minimum Gasteiger partial charge on any atom is -0.383 e. The summed E-state index contributed by atoms with van der Waals surface area (Å²) in [7, 11) is 1.75. The van der Waals surface area contributed by atoms with Gasteiger partial charge in [-0.25, -0.2) is 0 Å². The lowest BCUT2D eigenvalue weighted by Crippen LogP contribution is -2.29. The summed E-state index contributed by atoms with van der Waals surface area (Å²) in [6.07, 6.45) is 2.58. The van der Waals surface area contributed by atoms with E-state index in [9.17, 15) is 0 Å². The first-order chi connectivity index (χ1) is 8.26. The molecule has 0 radical (unpaired) electrons. The van der Waals surface area contributed by atoms with E-state index < -0.39 is 0 Å². The Hall–Kier alpha value is -0.580. The zero-order chi connectivity index (χ0) is 12.3. The third-order valence-corrected chi connectivity index (χ3v) is 3.85. The number of benzene rings is 1. The summed E-state index contributed by atoms with van der Waals surface area (Å²) in [5.74, 6) is 0. The largest absolute Gasteiger partial charge is 0.383 e. The van der Waals surface area contributed by atoms with Crippen LogP contribution in [0, 0.1) is 0 Å². The van der Waals surface area contributed by atoms with Gasteiger partial charge < -0.3 is 15.4 Å². The van der Waals surface area contributed by atoms with Gasteiger partial charge in [-0.15, -0.1) is 0 Å². The first-order valence-corrected chi connectivity index (χ1v) is 6.79. The highest BCUT2D eigenvalue weighted by Gasteiger charge is 2.29. The van der Waals surface area contributed by atoms with Crippen molar-refractivity contribution in [1.29, 1.82) is 0 Å². The summed E-state index contributed by atoms with van der Waals surface area (Å²) in [5.41, 5.74) is 8.07. The molecule has 1 aliphatic carbocycles. The van der Waals surface area contributed by atoms with Crippen LogP contribution in [0.1, 0.15) is 18.4 Å². The molecule has 1 saturated carbocycles. The second kappa shape index (κ2) is 5.85. The van der Waals surface area contributed by atoms with E-state index >= 15 is 0 Å². The molecule has 1 aliphatic rings. The van der Waals surface area contributed by atoms with Gasteiger partial charge in [0.25, 0.3) is 0 Å². The van der Waals surface area contributed by atoms with Gasteiger partial charge in [0.05, 0.1) is 6.61 Å². The van der Waals surface area contributed by atoms with Crippen molar-refractivity contribution in [3.8, 4) is 0 Å². The number of hydrogen-bond acceptors (Lipinski definition) is 3. The molecule has 1 aromatic carbocycles. The van der Waals surface area contributed by atoms with Gasteiger partial charge in [0.1, 0.15) is 0 Å². The number of nitrogens with two attached hydrogens (primary N) is 1. The van der Waals surface area contributed by atoms with Gasteiger partial charge in [0.2, 0.25) is 0 Å². The normalized spacial score (nSPS) is 15.0. The van der Waals surface area contributed by atoms with E-state index in [2.05, 4.69) is 39.0 Å². The molecule has 1 aromatic rings. The monoisotopic (exact) mass is 298 g/mol. The highest BCUT2D eigenvalue weighted by Crippen LogP contribution is 2.33. The smallest absolute Gasteiger partial charge is 0.0637 e. The minimum absolute atomic E-state index is 0.572. The van der Waals surface area contributed by atoms with Gasteiger partial charge in [0.15, 0.2) is 0 Å². The van der Waals surface area contributed by atoms with Crippen molar-refractivity contribution >= 4 is 21.6 Å². The summed E-state index contributed by atoms with van der Waals surface area (Å²) in [6.45, 7) is 2.30. The molecule has 0 bridgehead atoms. The lowest BCUT2D eigenvalue weighted by atomic mass is 10.2. The fraction of sp³-hybridized carbons (Fsp3) is 0.538. The van der Waals surface area contributed by atoms with Crippen LogP contribution in [0.2, 0.25) is 0 Å². The van der Waals surface area contributed by atoms with Crippen molar-refractivity contribution < 1.29 is 4.74 Å². The zero-order valence-corrected chi connectivity index (χ0v) is 11.7. The molecular weight excluding hydrogens is 280 g/mol. The van der Waals surface area contributed by atoms with Crippen LogP contribution in [0.15, 0.2) is 22.7 Å². The Kier molecular flexibility index (Phi) is 4.42. The summed E-state index contributed by atoms with van der Waals surface area (Å²) in [6, 6.07) is 7.11. The molecule has 1 fully saturated rings. The van der Waals surface area contributed by atoms with E-state index in [1.165, 1.54) is 18.5 Å². The molecule has 0 amide bonds. The topological polar surface area (TPSA) is 38.5 Å². The van der Waals surface area contributed by atoms with Crippen molar-refractivity contribution in [2.24, 2.45) is 5.73 Å². The number of nitrogens with zero attached hydrogens (tertiary/aromatic N) is 1. The third-order valence-electron chi connectivity index (χ3n) is 3.11. The molecule has 17 heavy (non-hydrogen) atoms. The van der Waals surface area contributed by atoms with Crippen LogP contribution in [0.25, 0.3) is 0 Å². The molecule has 0 aromatic heterocycles. The molecule has 0 spiro atoms. The molecule has 0 aliphatic heterocycles. The van der Waals surface area contributed by atoms with Gasteiger partial charge in [-0.05, 0) is 30.5 Å². The first kappa shape index (κ1) is 12.9. The van der Waals surface area contributed by atoms with E-state index in [0.29, 0.717) is 12.6 Å². The van der Waals surface area contributed by atoms with Crippen LogP contribution in [-0.4, -0.2) is 26.3 Å². The molecule has 2 N–H and O–H groups in total. The fourth-order valence-electron chi connectivity index (χ4n) is 1.98. The Morgan fingerprint density at radius 1 is 1.47 bits per heavy atom. The Bertz CT molecular complexity index is 380. The highest BCUT2D eigenvalue weighted by atomic mass is 79.9. The van der Waals surface area contributed by atoms with E-state index in [1.54, 1.807) is 7.11 Å². The lowest BCUT2D eigenvalue weighted by molar-refractivity contribution is 0.205. The van der Waals surface area contributed by atoms with Crippen molar-refractivity contribution in [2.75, 3.05) is 25.2 Å². The van der Waals surface area contributed by atoms with Crippen molar-refractivity contribution in [1.82, 2.24) is 0 Å². The van der Waals surface area contributed by atoms with Crippen molar-refractivity contribution in [3.05, 3.63) is 28.2 Å². The Labute approximate surface area is 111 Å². The Morgan fingerprint density at radius 2 is 2.24 bits per heavy atom. The number of rotatable bonds is 6. The van der Waals surface area contributed by atoms with Gasteiger partial charge in [-0.3, -0.25) is 0 Å². The molecule has 0 saturated heterocycles. The second-order valence-electron chi connectivity index (χ2n) is 4.40. The highest BCUT2D eigenvalue weighted by molar-refractivity contribution is 9.10. The summed E-state index contributed by atoms with van der Waals surface area (Å²) in [5, 5.41) is 0. The zero-order valence-electron chi connectivity index (χ0n) is 10.2. The number of halogens is 1. The fourth-order valence-corrected chi connectivity index (χ4v) is 2.51. The van der Waals surface area contributed by atoms with Crippen LogP contribution >= 0.6 is 15.9 Å². The van der Waals surface area contributed by atoms with E-state index in [1.807, 2.05) is 0 Å². The van der Waals surface area contributed by atoms with Crippen LogP contribution in [0.4, 0.5) is 5.69 Å². The summed E-state index contributed by atoms with van der Waals surface area (Å²) >= 11 is 3.58. The Balaban J connectivity index is 2.14. The molecule has 4 heteroatoms. The number of methoxy groups -OCH3 is 1. The average molecular weight is 299 g/mol. The van der Waals surface area contributed by atoms with Crippen LogP contribution in [0.3, 0.4) is 0 Å². The Morgan fingerprint density at radius 3 is 2.76 bits per heavy atom. The first-order valence-electron chi connectivity index (χ1n) is 6.00. The maximum atomic E-state index is 5.67. The predicted molar refractivity (Wildman–Crippen MR) is 74.3 cm³/mol. The van der Waals surface area contributed by atoms with E-state index in [4.69, 9.17) is 10.5 Å². The maximum absolute atomic E-state index is 5.67. The maximum Gasteiger partial charge on any atom is 0.0637 e. The number of hydrogen-bond donors (Lipinski definition) is 1. The second-order valence-corrected chi connectivity index (χ2v) is 5.25. The van der Waals surface area contributed by atoms with Gasteiger partial charge in [-0.2, -0.15) is 0 Å². The van der Waals surface area contributed by atoms with Crippen molar-refractivity contribution in [3.63, 3.8) is 0 Å². The average Bonchev–Trinajstić information content (AvgIpc) is 3.14. The predicted octanol–water partition coefficient (Wildman–Crippen LogP) is 2.52. The molecule has 94 valence electrons. The molecule has 0 unspecified atom stereocenters. The SMILES string of the molecule is COCCN(c1ccc(CN)c(Br)c1)C1CC1. The standard InChI is InChI=1S/C13H19BrN2O/c1-17-7-6-16(11-4-5-11)12-3-2-10(9-15)13(14)8-12/h2-3,8,11H,4-7,9,15H2,1H3. The van der Waals surface area contributed by atoms with Crippen molar-refractivity contribution in [2.45, 2.75) is 25.4 Å². The lowest BCUT2D eigenvalue weighted by Gasteiger charge is -2.25. The van der Waals surface area contributed by atoms with Crippen LogP contribution < -0.4 is 10.6 Å². The van der Waals surface area contributed by atoms with Crippen LogP contribution in [0.5, 0.6) is 0 Å². The minimum atomic E-state index is 0.572. The number of anilines is 1. The van der Waals surface area contributed by atoms with Crippen LogP contribution in [-0.2, 0) is 11.3 Å². The van der Waals surface area contributed by atoms with E-state index in [-0.39, 0.29) is 0 Å². The van der Waals surface area contributed by atoms with Gasteiger partial charge >= 0.3 is 0 Å². The number of ether oxygens (including phenoxy) is 1. The molecule has 3 nitrogen and oxygen atoms in total. The molecule has 0 heterocycles. The molecule has 0 atom stereocenters. The molecular formula is C13H19BrN2O. The third kappa shape index (κ3) is 3.21. The van der Waals surface area contributed by atoms with Gasteiger partial charge in [-0.1, -0.05) is 22.0 Å². The summed E-state index contributed by atoms with van der Waals surface area (Å²) in [4.78, 5) is 2.43. The summed E-state index contributed by atoms with van der Waals surface area (Å²) < 4.78 is 6.27. The van der Waals surface area contributed by atoms with Gasteiger partial charge in [0, 0.05) is 36.4 Å².